The second-order valence-corrected chi connectivity index (χ2v) is 3.08. The molecule has 11 heavy (non-hydrogen) atoms. The second-order valence-electron chi connectivity index (χ2n) is 3.08. The molecule has 0 aromatic heterocycles. The lowest BCUT2D eigenvalue weighted by atomic mass is 10.2. The molecule has 1 saturated heterocycles. The summed E-state index contributed by atoms with van der Waals surface area (Å²) in [5.41, 5.74) is 0. The number of hydrogen-bond acceptors (Lipinski definition) is 2. The van der Waals surface area contributed by atoms with Gasteiger partial charge in [-0.2, -0.15) is 0 Å². The van der Waals surface area contributed by atoms with Crippen LogP contribution >= 0.6 is 0 Å². The summed E-state index contributed by atoms with van der Waals surface area (Å²) in [6.07, 6.45) is 4.44. The smallest absolute Gasteiger partial charge is 0.107 e. The van der Waals surface area contributed by atoms with Gasteiger partial charge in [-0.25, -0.2) is 0 Å². The fourth-order valence-electron chi connectivity index (χ4n) is 1.21. The highest BCUT2D eigenvalue weighted by Gasteiger charge is 2.37. The molecule has 2 nitrogen and oxygen atoms in total. The van der Waals surface area contributed by atoms with Crippen molar-refractivity contribution < 1.29 is 9.47 Å². The number of hydrogen-bond donors (Lipinski definition) is 0. The molecule has 1 rings (SSSR count). The Kier molecular flexibility index (Phi) is 3.87. The third kappa shape index (κ3) is 3.21. The van der Waals surface area contributed by atoms with Gasteiger partial charge >= 0.3 is 0 Å². The highest BCUT2D eigenvalue weighted by molar-refractivity contribution is 4.83. The third-order valence-corrected chi connectivity index (χ3v) is 1.89. The Hall–Kier alpha value is -0.0800. The van der Waals surface area contributed by atoms with Gasteiger partial charge in [0.05, 0.1) is 12.7 Å². The zero-order chi connectivity index (χ0) is 8.10. The SMILES string of the molecule is CCCOC[C@H]1OC1CCC. The Balaban J connectivity index is 1.87. The minimum absolute atomic E-state index is 0.418. The van der Waals surface area contributed by atoms with E-state index in [0.717, 1.165) is 19.6 Å². The summed E-state index contributed by atoms with van der Waals surface area (Å²) in [6, 6.07) is 0. The van der Waals surface area contributed by atoms with Gasteiger partial charge in [0.1, 0.15) is 6.10 Å². The molecular formula is C9H18O2. The highest BCUT2D eigenvalue weighted by Crippen LogP contribution is 2.26. The summed E-state index contributed by atoms with van der Waals surface area (Å²) in [5.74, 6) is 0. The lowest BCUT2D eigenvalue weighted by Gasteiger charge is -1.97. The van der Waals surface area contributed by atoms with Crippen LogP contribution < -0.4 is 0 Å². The molecule has 1 aliphatic rings. The van der Waals surface area contributed by atoms with Gasteiger partial charge in [0.25, 0.3) is 0 Å². The summed E-state index contributed by atoms with van der Waals surface area (Å²) in [7, 11) is 0. The molecule has 66 valence electrons. The van der Waals surface area contributed by atoms with Crippen LogP contribution in [0.25, 0.3) is 0 Å². The molecule has 0 aliphatic carbocycles. The summed E-state index contributed by atoms with van der Waals surface area (Å²) in [4.78, 5) is 0. The molecule has 0 amide bonds. The van der Waals surface area contributed by atoms with E-state index in [0.29, 0.717) is 12.2 Å². The molecule has 2 atom stereocenters. The first-order valence-electron chi connectivity index (χ1n) is 4.61. The molecule has 0 aromatic rings. The maximum absolute atomic E-state index is 5.38. The Morgan fingerprint density at radius 1 is 1.18 bits per heavy atom. The van der Waals surface area contributed by atoms with Crippen LogP contribution in [0.3, 0.4) is 0 Å². The monoisotopic (exact) mass is 158 g/mol. The van der Waals surface area contributed by atoms with Gasteiger partial charge < -0.3 is 9.47 Å². The number of epoxide rings is 1. The van der Waals surface area contributed by atoms with Gasteiger partial charge in [-0.1, -0.05) is 20.3 Å². The molecule has 0 radical (unpaired) electrons. The van der Waals surface area contributed by atoms with E-state index in [1.165, 1.54) is 12.8 Å². The number of rotatable bonds is 6. The van der Waals surface area contributed by atoms with Crippen LogP contribution in [0, 0.1) is 0 Å². The molecule has 1 heterocycles. The average molecular weight is 158 g/mol. The van der Waals surface area contributed by atoms with Crippen molar-refractivity contribution in [3.8, 4) is 0 Å². The Bertz CT molecular complexity index is 104. The average Bonchev–Trinajstić information content (AvgIpc) is 2.70. The van der Waals surface area contributed by atoms with Crippen molar-refractivity contribution in [3.05, 3.63) is 0 Å². The van der Waals surface area contributed by atoms with Crippen molar-refractivity contribution >= 4 is 0 Å². The van der Waals surface area contributed by atoms with Gasteiger partial charge in [-0.15, -0.1) is 0 Å². The van der Waals surface area contributed by atoms with E-state index < -0.39 is 0 Å². The quantitative estimate of drug-likeness (QED) is 0.435. The maximum atomic E-state index is 5.38. The lowest BCUT2D eigenvalue weighted by molar-refractivity contribution is 0.117. The Morgan fingerprint density at radius 2 is 2.00 bits per heavy atom. The largest absolute Gasteiger partial charge is 0.379 e. The standard InChI is InChI=1S/C9H18O2/c1-3-5-8-9(11-8)7-10-6-4-2/h8-9H,3-7H2,1-2H3/t8?,9-/m1/s1. The normalized spacial score (nSPS) is 28.9. The van der Waals surface area contributed by atoms with Crippen LogP contribution in [0.2, 0.25) is 0 Å². The van der Waals surface area contributed by atoms with Crippen molar-refractivity contribution in [1.29, 1.82) is 0 Å². The van der Waals surface area contributed by atoms with E-state index in [-0.39, 0.29) is 0 Å². The summed E-state index contributed by atoms with van der Waals surface area (Å²) in [6.45, 7) is 5.99. The molecule has 0 bridgehead atoms. The van der Waals surface area contributed by atoms with Crippen molar-refractivity contribution in [1.82, 2.24) is 0 Å². The molecule has 2 heteroatoms. The maximum Gasteiger partial charge on any atom is 0.107 e. The van der Waals surface area contributed by atoms with Crippen molar-refractivity contribution in [2.24, 2.45) is 0 Å². The predicted molar refractivity (Wildman–Crippen MR) is 44.7 cm³/mol. The molecule has 1 fully saturated rings. The zero-order valence-corrected chi connectivity index (χ0v) is 7.51. The Labute approximate surface area is 68.9 Å². The van der Waals surface area contributed by atoms with E-state index in [9.17, 15) is 0 Å². The number of ether oxygens (including phenoxy) is 2. The topological polar surface area (TPSA) is 21.8 Å². The summed E-state index contributed by atoms with van der Waals surface area (Å²) < 4.78 is 10.7. The van der Waals surface area contributed by atoms with Crippen LogP contribution in [0.1, 0.15) is 33.1 Å². The van der Waals surface area contributed by atoms with E-state index in [1.54, 1.807) is 0 Å². The molecule has 0 aromatic carbocycles. The molecule has 0 saturated carbocycles. The summed E-state index contributed by atoms with van der Waals surface area (Å²) >= 11 is 0. The predicted octanol–water partition coefficient (Wildman–Crippen LogP) is 1.98. The Morgan fingerprint density at radius 3 is 2.64 bits per heavy atom. The van der Waals surface area contributed by atoms with Gasteiger partial charge in [0.2, 0.25) is 0 Å². The van der Waals surface area contributed by atoms with Crippen molar-refractivity contribution in [2.75, 3.05) is 13.2 Å². The highest BCUT2D eigenvalue weighted by atomic mass is 16.6. The third-order valence-electron chi connectivity index (χ3n) is 1.89. The van der Waals surface area contributed by atoms with E-state index in [4.69, 9.17) is 9.47 Å². The van der Waals surface area contributed by atoms with Gasteiger partial charge in [-0.3, -0.25) is 0 Å². The van der Waals surface area contributed by atoms with E-state index in [1.807, 2.05) is 0 Å². The van der Waals surface area contributed by atoms with Crippen LogP contribution in [0.5, 0.6) is 0 Å². The fraction of sp³-hybridized carbons (Fsp3) is 1.00. The van der Waals surface area contributed by atoms with Crippen molar-refractivity contribution in [2.45, 2.75) is 45.3 Å². The first kappa shape index (κ1) is 9.01. The van der Waals surface area contributed by atoms with Crippen LogP contribution in [-0.2, 0) is 9.47 Å². The molecule has 0 spiro atoms. The van der Waals surface area contributed by atoms with Gasteiger partial charge in [0, 0.05) is 6.61 Å². The van der Waals surface area contributed by atoms with Gasteiger partial charge in [-0.05, 0) is 12.8 Å². The van der Waals surface area contributed by atoms with E-state index >= 15 is 0 Å². The van der Waals surface area contributed by atoms with E-state index in [2.05, 4.69) is 13.8 Å². The first-order valence-corrected chi connectivity index (χ1v) is 4.61. The minimum atomic E-state index is 0.418. The molecule has 1 unspecified atom stereocenters. The summed E-state index contributed by atoms with van der Waals surface area (Å²) in [5, 5.41) is 0. The van der Waals surface area contributed by atoms with Gasteiger partial charge in [0.15, 0.2) is 0 Å². The molecule has 0 N–H and O–H groups in total. The minimum Gasteiger partial charge on any atom is -0.379 e. The molecule has 1 aliphatic heterocycles. The molecular weight excluding hydrogens is 140 g/mol. The fourth-order valence-corrected chi connectivity index (χ4v) is 1.21. The lowest BCUT2D eigenvalue weighted by Crippen LogP contribution is -2.05. The first-order chi connectivity index (χ1) is 5.38. The zero-order valence-electron chi connectivity index (χ0n) is 7.51. The van der Waals surface area contributed by atoms with Crippen LogP contribution in [-0.4, -0.2) is 25.4 Å². The van der Waals surface area contributed by atoms with Crippen molar-refractivity contribution in [3.63, 3.8) is 0 Å². The second kappa shape index (κ2) is 4.73. The van der Waals surface area contributed by atoms with Crippen LogP contribution in [0.15, 0.2) is 0 Å². The van der Waals surface area contributed by atoms with Crippen LogP contribution in [0.4, 0.5) is 0 Å².